The quantitative estimate of drug-likeness (QED) is 0.720. The van der Waals surface area contributed by atoms with Crippen molar-refractivity contribution in [3.05, 3.63) is 48.5 Å². The number of carbonyl (C=O) groups is 1. The third kappa shape index (κ3) is 5.43. The Hall–Kier alpha value is -2.78. The van der Waals surface area contributed by atoms with Crippen molar-refractivity contribution in [2.24, 2.45) is 5.92 Å². The Bertz CT molecular complexity index is 957. The monoisotopic (exact) mass is 434 g/mol. The molecule has 2 aromatic carbocycles. The molecule has 9 heteroatoms. The minimum absolute atomic E-state index is 0.115. The third-order valence-corrected chi connectivity index (χ3v) is 6.47. The first-order valence-electron chi connectivity index (χ1n) is 9.66. The average molecular weight is 435 g/mol. The molecule has 1 saturated heterocycles. The molecule has 0 aromatic heterocycles. The maximum atomic E-state index is 12.6. The molecule has 1 aliphatic rings. The molecule has 1 heterocycles. The van der Waals surface area contributed by atoms with Crippen molar-refractivity contribution in [1.82, 2.24) is 9.62 Å². The van der Waals surface area contributed by atoms with Crippen LogP contribution in [0.1, 0.15) is 12.8 Å². The van der Waals surface area contributed by atoms with Gasteiger partial charge >= 0.3 is 6.09 Å². The lowest BCUT2D eigenvalue weighted by atomic mass is 9.97. The number of nitrogens with zero attached hydrogens (tertiary/aromatic N) is 1. The molecule has 1 N–H and O–H groups in total. The van der Waals surface area contributed by atoms with Crippen LogP contribution in [-0.2, 0) is 10.0 Å². The van der Waals surface area contributed by atoms with Crippen molar-refractivity contribution in [3.63, 3.8) is 0 Å². The SMILES string of the molecule is COc1ccc(S(=O)(=O)NCC2CCN(C(=O)Oc3ccccc3)CC2)cc1OC. The van der Waals surface area contributed by atoms with Crippen LogP contribution >= 0.6 is 0 Å². The van der Waals surface area contributed by atoms with Gasteiger partial charge in [-0.25, -0.2) is 17.9 Å². The Labute approximate surface area is 176 Å². The van der Waals surface area contributed by atoms with E-state index in [2.05, 4.69) is 4.72 Å². The Balaban J connectivity index is 1.51. The van der Waals surface area contributed by atoms with Gasteiger partial charge in [0, 0.05) is 25.7 Å². The van der Waals surface area contributed by atoms with Gasteiger partial charge in [-0.3, -0.25) is 0 Å². The van der Waals surface area contributed by atoms with Gasteiger partial charge in [-0.05, 0) is 43.0 Å². The van der Waals surface area contributed by atoms with Crippen molar-refractivity contribution < 1.29 is 27.4 Å². The lowest BCUT2D eigenvalue weighted by molar-refractivity contribution is 0.131. The fourth-order valence-corrected chi connectivity index (χ4v) is 4.40. The molecule has 30 heavy (non-hydrogen) atoms. The number of benzene rings is 2. The normalized spacial score (nSPS) is 14.9. The van der Waals surface area contributed by atoms with Crippen molar-refractivity contribution in [1.29, 1.82) is 0 Å². The molecular weight excluding hydrogens is 408 g/mol. The van der Waals surface area contributed by atoms with E-state index in [1.54, 1.807) is 35.2 Å². The highest BCUT2D eigenvalue weighted by atomic mass is 32.2. The van der Waals surface area contributed by atoms with Crippen LogP contribution in [0.4, 0.5) is 4.79 Å². The molecule has 162 valence electrons. The van der Waals surface area contributed by atoms with Crippen LogP contribution in [0, 0.1) is 5.92 Å². The summed E-state index contributed by atoms with van der Waals surface area (Å²) in [7, 11) is -0.730. The minimum Gasteiger partial charge on any atom is -0.493 e. The maximum Gasteiger partial charge on any atom is 0.415 e. The van der Waals surface area contributed by atoms with E-state index in [0.29, 0.717) is 49.7 Å². The number of likely N-dealkylation sites (tertiary alicyclic amines) is 1. The molecule has 2 aromatic rings. The summed E-state index contributed by atoms with van der Waals surface area (Å²) < 4.78 is 43.6. The number of hydrogen-bond acceptors (Lipinski definition) is 6. The molecule has 1 fully saturated rings. The van der Waals surface area contributed by atoms with Gasteiger partial charge in [0.1, 0.15) is 5.75 Å². The van der Waals surface area contributed by atoms with E-state index in [9.17, 15) is 13.2 Å². The summed E-state index contributed by atoms with van der Waals surface area (Å²) in [5, 5.41) is 0. The van der Waals surface area contributed by atoms with Gasteiger partial charge in [0.2, 0.25) is 10.0 Å². The predicted octanol–water partition coefficient (Wildman–Crippen LogP) is 2.89. The second-order valence-corrected chi connectivity index (χ2v) is 8.75. The highest BCUT2D eigenvalue weighted by Gasteiger charge is 2.26. The maximum absolute atomic E-state index is 12.6. The molecule has 0 spiro atoms. The second-order valence-electron chi connectivity index (χ2n) is 6.98. The second kappa shape index (κ2) is 9.82. The van der Waals surface area contributed by atoms with Gasteiger partial charge in [0.15, 0.2) is 11.5 Å². The van der Waals surface area contributed by atoms with Gasteiger partial charge in [-0.1, -0.05) is 18.2 Å². The fourth-order valence-electron chi connectivity index (χ4n) is 3.27. The molecule has 1 aliphatic heterocycles. The first kappa shape index (κ1) is 21.9. The number of methoxy groups -OCH3 is 2. The summed E-state index contributed by atoms with van der Waals surface area (Å²) >= 11 is 0. The standard InChI is InChI=1S/C21H26N2O6S/c1-27-19-9-8-18(14-20(19)28-2)30(25,26)22-15-16-10-12-23(13-11-16)21(24)29-17-6-4-3-5-7-17/h3-9,14,16,22H,10-13,15H2,1-2H3. The zero-order valence-electron chi connectivity index (χ0n) is 17.0. The lowest BCUT2D eigenvalue weighted by Gasteiger charge is -2.31. The average Bonchev–Trinajstić information content (AvgIpc) is 2.78. The molecule has 1 amide bonds. The largest absolute Gasteiger partial charge is 0.493 e. The number of amides is 1. The number of sulfonamides is 1. The molecule has 0 radical (unpaired) electrons. The molecule has 0 bridgehead atoms. The zero-order chi connectivity index (χ0) is 21.6. The molecule has 8 nitrogen and oxygen atoms in total. The zero-order valence-corrected chi connectivity index (χ0v) is 17.9. The summed E-state index contributed by atoms with van der Waals surface area (Å²) in [5.41, 5.74) is 0. The van der Waals surface area contributed by atoms with E-state index in [1.807, 2.05) is 6.07 Å². The number of rotatable bonds is 7. The topological polar surface area (TPSA) is 94.2 Å². The molecular formula is C21H26N2O6S. The van der Waals surface area contributed by atoms with Crippen molar-refractivity contribution in [3.8, 4) is 17.2 Å². The molecule has 3 rings (SSSR count). The fraction of sp³-hybridized carbons (Fsp3) is 0.381. The number of ether oxygens (including phenoxy) is 3. The summed E-state index contributed by atoms with van der Waals surface area (Å²) in [6, 6.07) is 13.4. The Morgan fingerprint density at radius 1 is 1.03 bits per heavy atom. The van der Waals surface area contributed by atoms with Crippen LogP contribution in [0.15, 0.2) is 53.4 Å². The van der Waals surface area contributed by atoms with Gasteiger partial charge < -0.3 is 19.1 Å². The number of hydrogen-bond donors (Lipinski definition) is 1. The van der Waals surface area contributed by atoms with Crippen LogP contribution in [0.25, 0.3) is 0 Å². The van der Waals surface area contributed by atoms with E-state index >= 15 is 0 Å². The Morgan fingerprint density at radius 3 is 2.33 bits per heavy atom. The van der Waals surface area contributed by atoms with E-state index in [0.717, 1.165) is 0 Å². The highest BCUT2D eigenvalue weighted by Crippen LogP contribution is 2.29. The van der Waals surface area contributed by atoms with Crippen LogP contribution in [0.3, 0.4) is 0 Å². The predicted molar refractivity (Wildman–Crippen MR) is 111 cm³/mol. The third-order valence-electron chi connectivity index (χ3n) is 5.05. The van der Waals surface area contributed by atoms with Gasteiger partial charge in [0.25, 0.3) is 0 Å². The van der Waals surface area contributed by atoms with Gasteiger partial charge in [0.05, 0.1) is 19.1 Å². The number of nitrogens with one attached hydrogen (secondary N) is 1. The van der Waals surface area contributed by atoms with Crippen LogP contribution in [0.5, 0.6) is 17.2 Å². The number of carbonyl (C=O) groups excluding carboxylic acids is 1. The van der Waals surface area contributed by atoms with E-state index < -0.39 is 10.0 Å². The van der Waals surface area contributed by atoms with E-state index in [4.69, 9.17) is 14.2 Å². The van der Waals surface area contributed by atoms with E-state index in [1.165, 1.54) is 26.4 Å². The Kier molecular flexibility index (Phi) is 7.17. The van der Waals surface area contributed by atoms with Crippen molar-refractivity contribution in [2.75, 3.05) is 33.9 Å². The number of piperidine rings is 1. The Morgan fingerprint density at radius 2 is 1.70 bits per heavy atom. The van der Waals surface area contributed by atoms with E-state index in [-0.39, 0.29) is 16.9 Å². The molecule has 0 aliphatic carbocycles. The minimum atomic E-state index is -3.68. The highest BCUT2D eigenvalue weighted by molar-refractivity contribution is 7.89. The summed E-state index contributed by atoms with van der Waals surface area (Å²) in [6.45, 7) is 1.35. The molecule has 0 saturated carbocycles. The first-order chi connectivity index (χ1) is 14.4. The van der Waals surface area contributed by atoms with Crippen molar-refractivity contribution >= 4 is 16.1 Å². The van der Waals surface area contributed by atoms with Crippen LogP contribution in [0.2, 0.25) is 0 Å². The van der Waals surface area contributed by atoms with Gasteiger partial charge in [-0.2, -0.15) is 0 Å². The smallest absolute Gasteiger partial charge is 0.415 e. The van der Waals surface area contributed by atoms with Crippen LogP contribution < -0.4 is 18.9 Å². The lowest BCUT2D eigenvalue weighted by Crippen LogP contribution is -2.42. The summed E-state index contributed by atoms with van der Waals surface area (Å²) in [6.07, 6.45) is 1.00. The summed E-state index contributed by atoms with van der Waals surface area (Å²) in [4.78, 5) is 14.0. The van der Waals surface area contributed by atoms with Crippen molar-refractivity contribution in [2.45, 2.75) is 17.7 Å². The molecule has 0 atom stereocenters. The van der Waals surface area contributed by atoms with Crippen LogP contribution in [-0.4, -0.2) is 53.3 Å². The summed E-state index contributed by atoms with van der Waals surface area (Å²) in [5.74, 6) is 1.46. The number of para-hydroxylation sites is 1. The molecule has 0 unspecified atom stereocenters. The van der Waals surface area contributed by atoms with Gasteiger partial charge in [-0.15, -0.1) is 0 Å². The first-order valence-corrected chi connectivity index (χ1v) is 11.1.